The molecule has 1 saturated heterocycles. The Bertz CT molecular complexity index is 1060. The van der Waals surface area contributed by atoms with Crippen molar-refractivity contribution in [1.29, 1.82) is 0 Å². The smallest absolute Gasteiger partial charge is 0.269 e. The number of aromatic nitrogens is 2. The summed E-state index contributed by atoms with van der Waals surface area (Å²) in [6, 6.07) is 6.16. The third-order valence-electron chi connectivity index (χ3n) is 5.02. The number of nitrogens with one attached hydrogen (secondary N) is 1. The second-order valence-electron chi connectivity index (χ2n) is 6.97. The van der Waals surface area contributed by atoms with E-state index in [0.717, 1.165) is 0 Å². The molecule has 0 unspecified atom stereocenters. The van der Waals surface area contributed by atoms with Crippen LogP contribution in [0.4, 0.5) is 0 Å². The summed E-state index contributed by atoms with van der Waals surface area (Å²) in [6.07, 6.45) is 1.25. The quantitative estimate of drug-likeness (QED) is 0.557. The van der Waals surface area contributed by atoms with Crippen LogP contribution in [0.25, 0.3) is 11.3 Å². The first-order chi connectivity index (χ1) is 14.7. The lowest BCUT2D eigenvalue weighted by molar-refractivity contribution is -0.139. The molecular formula is C21H21Cl2N5O3. The van der Waals surface area contributed by atoms with E-state index in [2.05, 4.69) is 21.9 Å². The van der Waals surface area contributed by atoms with Crippen LogP contribution >= 0.6 is 23.2 Å². The molecule has 0 bridgehead atoms. The summed E-state index contributed by atoms with van der Waals surface area (Å²) in [5, 5.41) is 2.84. The zero-order valence-electron chi connectivity index (χ0n) is 17.1. The molecule has 1 aliphatic heterocycles. The van der Waals surface area contributed by atoms with Gasteiger partial charge in [-0.1, -0.05) is 29.8 Å². The lowest BCUT2D eigenvalue weighted by Crippen LogP contribution is -2.51. The van der Waals surface area contributed by atoms with Crippen molar-refractivity contribution in [1.82, 2.24) is 25.1 Å². The van der Waals surface area contributed by atoms with Gasteiger partial charge in [-0.2, -0.15) is 0 Å². The maximum atomic E-state index is 12.2. The summed E-state index contributed by atoms with van der Waals surface area (Å²) in [5.41, 5.74) is 1.86. The predicted octanol–water partition coefficient (Wildman–Crippen LogP) is 2.73. The molecule has 0 saturated carbocycles. The summed E-state index contributed by atoms with van der Waals surface area (Å²) >= 11 is 12.4. The molecule has 3 heterocycles. The number of piperazine rings is 1. The summed E-state index contributed by atoms with van der Waals surface area (Å²) in [7, 11) is 1.50. The highest BCUT2D eigenvalue weighted by Gasteiger charge is 2.32. The standard InChI is InChI=1S/C21H21Cl2N5O3/c1-4-20(30)27-5-6-28(12(2)29)17(11-27)14-8-15(25-19(23)10-14)13-7-16(21(31)24-3)26-18(22)9-13/h4,7-10,17H,1,5-6,11H2,2-3H3,(H,24,31)/t17-/m0/s1. The number of hydrogen-bond donors (Lipinski definition) is 1. The van der Waals surface area contributed by atoms with E-state index in [9.17, 15) is 14.4 Å². The largest absolute Gasteiger partial charge is 0.354 e. The summed E-state index contributed by atoms with van der Waals surface area (Å²) in [4.78, 5) is 48.1. The molecule has 1 aliphatic rings. The lowest BCUT2D eigenvalue weighted by Gasteiger charge is -2.41. The van der Waals surface area contributed by atoms with Crippen LogP contribution in [-0.2, 0) is 9.59 Å². The van der Waals surface area contributed by atoms with Crippen molar-refractivity contribution in [3.05, 3.63) is 58.5 Å². The number of hydrogen-bond acceptors (Lipinski definition) is 5. The molecule has 0 aliphatic carbocycles. The zero-order chi connectivity index (χ0) is 22.7. The van der Waals surface area contributed by atoms with Gasteiger partial charge in [0.25, 0.3) is 5.91 Å². The van der Waals surface area contributed by atoms with Crippen molar-refractivity contribution in [3.8, 4) is 11.3 Å². The highest BCUT2D eigenvalue weighted by atomic mass is 35.5. The summed E-state index contributed by atoms with van der Waals surface area (Å²) in [6.45, 7) is 6.13. The van der Waals surface area contributed by atoms with Gasteiger partial charge in [-0.15, -0.1) is 0 Å². The van der Waals surface area contributed by atoms with E-state index < -0.39 is 6.04 Å². The molecule has 2 aromatic heterocycles. The second kappa shape index (κ2) is 9.45. The van der Waals surface area contributed by atoms with E-state index in [4.69, 9.17) is 23.2 Å². The van der Waals surface area contributed by atoms with Gasteiger partial charge in [-0.25, -0.2) is 9.97 Å². The Labute approximate surface area is 189 Å². The van der Waals surface area contributed by atoms with Crippen LogP contribution in [0.15, 0.2) is 36.9 Å². The average molecular weight is 462 g/mol. The first-order valence-electron chi connectivity index (χ1n) is 9.49. The summed E-state index contributed by atoms with van der Waals surface area (Å²) in [5.74, 6) is -0.705. The van der Waals surface area contributed by atoms with Crippen molar-refractivity contribution in [2.75, 3.05) is 26.7 Å². The van der Waals surface area contributed by atoms with Gasteiger partial charge in [-0.05, 0) is 35.9 Å². The van der Waals surface area contributed by atoms with Gasteiger partial charge in [0.05, 0.1) is 11.7 Å². The van der Waals surface area contributed by atoms with E-state index in [1.165, 1.54) is 20.0 Å². The number of carbonyl (C=O) groups excluding carboxylic acids is 3. The monoisotopic (exact) mass is 461 g/mol. The van der Waals surface area contributed by atoms with E-state index in [-0.39, 0.29) is 33.7 Å². The highest BCUT2D eigenvalue weighted by molar-refractivity contribution is 6.30. The Hall–Kier alpha value is -2.97. The van der Waals surface area contributed by atoms with Gasteiger partial charge in [0.2, 0.25) is 11.8 Å². The van der Waals surface area contributed by atoms with Gasteiger partial charge < -0.3 is 15.1 Å². The van der Waals surface area contributed by atoms with Crippen LogP contribution in [0.5, 0.6) is 0 Å². The van der Waals surface area contributed by atoms with Gasteiger partial charge in [0.1, 0.15) is 16.0 Å². The number of rotatable bonds is 4. The molecule has 0 aromatic carbocycles. The van der Waals surface area contributed by atoms with E-state index in [0.29, 0.717) is 36.5 Å². The van der Waals surface area contributed by atoms with E-state index >= 15 is 0 Å². The van der Waals surface area contributed by atoms with Gasteiger partial charge in [-0.3, -0.25) is 14.4 Å². The number of amides is 3. The van der Waals surface area contributed by atoms with Gasteiger partial charge in [0.15, 0.2) is 0 Å². The Morgan fingerprint density at radius 2 is 1.84 bits per heavy atom. The molecule has 1 atom stereocenters. The van der Waals surface area contributed by atoms with Crippen LogP contribution in [0.2, 0.25) is 10.3 Å². The molecule has 8 nitrogen and oxygen atoms in total. The average Bonchev–Trinajstić information content (AvgIpc) is 2.76. The number of nitrogens with zero attached hydrogens (tertiary/aromatic N) is 4. The van der Waals surface area contributed by atoms with Crippen LogP contribution in [-0.4, -0.2) is 64.2 Å². The predicted molar refractivity (Wildman–Crippen MR) is 118 cm³/mol. The minimum atomic E-state index is -0.412. The zero-order valence-corrected chi connectivity index (χ0v) is 18.6. The third-order valence-corrected chi connectivity index (χ3v) is 5.41. The molecule has 0 radical (unpaired) electrons. The Morgan fingerprint density at radius 1 is 1.13 bits per heavy atom. The lowest BCUT2D eigenvalue weighted by atomic mass is 10.0. The Morgan fingerprint density at radius 3 is 2.48 bits per heavy atom. The molecule has 31 heavy (non-hydrogen) atoms. The van der Waals surface area contributed by atoms with Crippen LogP contribution in [0.1, 0.15) is 29.0 Å². The van der Waals surface area contributed by atoms with Crippen molar-refractivity contribution < 1.29 is 14.4 Å². The Balaban J connectivity index is 2.06. The maximum absolute atomic E-state index is 12.2. The molecule has 1 N–H and O–H groups in total. The fraction of sp³-hybridized carbons (Fsp3) is 0.286. The third kappa shape index (κ3) is 5.03. The fourth-order valence-electron chi connectivity index (χ4n) is 3.52. The number of halogens is 2. The van der Waals surface area contributed by atoms with Crippen LogP contribution in [0.3, 0.4) is 0 Å². The Kier molecular flexibility index (Phi) is 6.92. The van der Waals surface area contributed by atoms with Crippen LogP contribution < -0.4 is 5.32 Å². The molecule has 0 spiro atoms. The molecule has 10 heteroatoms. The summed E-state index contributed by atoms with van der Waals surface area (Å²) < 4.78 is 0. The minimum absolute atomic E-state index is 0.112. The molecule has 3 rings (SSSR count). The van der Waals surface area contributed by atoms with Crippen molar-refractivity contribution in [2.24, 2.45) is 0 Å². The second-order valence-corrected chi connectivity index (χ2v) is 7.74. The van der Waals surface area contributed by atoms with E-state index in [1.54, 1.807) is 34.1 Å². The van der Waals surface area contributed by atoms with Crippen molar-refractivity contribution in [2.45, 2.75) is 13.0 Å². The minimum Gasteiger partial charge on any atom is -0.354 e. The fourth-order valence-corrected chi connectivity index (χ4v) is 3.95. The SMILES string of the molecule is C=CC(=O)N1CCN(C(C)=O)[C@H](c2cc(Cl)nc(-c3cc(Cl)nc(C(=O)NC)c3)c2)C1. The van der Waals surface area contributed by atoms with Crippen LogP contribution in [0, 0.1) is 0 Å². The highest BCUT2D eigenvalue weighted by Crippen LogP contribution is 2.31. The molecule has 2 aromatic rings. The molecule has 3 amide bonds. The van der Waals surface area contributed by atoms with E-state index in [1.807, 2.05) is 0 Å². The van der Waals surface area contributed by atoms with Gasteiger partial charge >= 0.3 is 0 Å². The first kappa shape index (κ1) is 22.7. The molecular weight excluding hydrogens is 441 g/mol. The number of pyridine rings is 2. The number of carbonyl (C=O) groups is 3. The van der Waals surface area contributed by atoms with Gasteiger partial charge in [0, 0.05) is 39.2 Å². The first-order valence-corrected chi connectivity index (χ1v) is 10.2. The van der Waals surface area contributed by atoms with Crippen molar-refractivity contribution >= 4 is 40.9 Å². The molecule has 1 fully saturated rings. The molecule has 162 valence electrons. The topological polar surface area (TPSA) is 95.5 Å². The normalized spacial score (nSPS) is 16.1. The maximum Gasteiger partial charge on any atom is 0.269 e. The van der Waals surface area contributed by atoms with Crippen molar-refractivity contribution in [3.63, 3.8) is 0 Å².